The van der Waals surface area contributed by atoms with Gasteiger partial charge in [-0.05, 0) is 35.0 Å². The fourth-order valence-corrected chi connectivity index (χ4v) is 2.24. The summed E-state index contributed by atoms with van der Waals surface area (Å²) in [6, 6.07) is 2.82. The van der Waals surface area contributed by atoms with Crippen LogP contribution in [0.4, 0.5) is 4.39 Å². The highest BCUT2D eigenvalue weighted by Gasteiger charge is 2.18. The van der Waals surface area contributed by atoms with Crippen molar-refractivity contribution in [2.45, 2.75) is 12.5 Å². The molecule has 2 nitrogen and oxygen atoms in total. The van der Waals surface area contributed by atoms with Crippen molar-refractivity contribution < 1.29 is 9.13 Å². The zero-order chi connectivity index (χ0) is 10.8. The van der Waals surface area contributed by atoms with Crippen molar-refractivity contribution >= 4 is 27.5 Å². The molecule has 1 aromatic rings. The van der Waals surface area contributed by atoms with Gasteiger partial charge in [0.25, 0.3) is 0 Å². The predicted octanol–water partition coefficient (Wildman–Crippen LogP) is 2.98. The molecular formula is C10H10BrClFNO. The molecule has 0 aliphatic carbocycles. The van der Waals surface area contributed by atoms with Crippen LogP contribution in [0.5, 0.6) is 5.75 Å². The minimum Gasteiger partial charge on any atom is -0.488 e. The Morgan fingerprint density at radius 2 is 2.33 bits per heavy atom. The lowest BCUT2D eigenvalue weighted by Gasteiger charge is -2.14. The Bertz CT molecular complexity index is 369. The number of ether oxygens (including phenoxy) is 1. The summed E-state index contributed by atoms with van der Waals surface area (Å²) in [6.45, 7) is 1.75. The third kappa shape index (κ3) is 2.62. The highest BCUT2D eigenvalue weighted by atomic mass is 79.9. The van der Waals surface area contributed by atoms with Crippen LogP contribution in [0.25, 0.3) is 0 Å². The van der Waals surface area contributed by atoms with E-state index in [2.05, 4.69) is 21.2 Å². The zero-order valence-electron chi connectivity index (χ0n) is 7.90. The first kappa shape index (κ1) is 11.2. The Balaban J connectivity index is 2.16. The Morgan fingerprint density at radius 1 is 1.53 bits per heavy atom. The number of halogens is 3. The standard InChI is InChI=1S/C10H10BrClFNO/c11-7-3-8(12)9(13)4-10(7)15-6-1-2-14-5-6/h3-4,6,14H,1-2,5H2/t6-/m0/s1. The molecule has 0 amide bonds. The van der Waals surface area contributed by atoms with Crippen molar-refractivity contribution in [3.05, 3.63) is 27.4 Å². The Hall–Kier alpha value is -0.320. The summed E-state index contributed by atoms with van der Waals surface area (Å²) >= 11 is 8.92. The molecule has 0 radical (unpaired) electrons. The molecule has 1 aliphatic heterocycles. The maximum Gasteiger partial charge on any atom is 0.145 e. The molecule has 1 heterocycles. The van der Waals surface area contributed by atoms with Crippen LogP contribution < -0.4 is 10.1 Å². The maximum atomic E-state index is 13.2. The third-order valence-corrected chi connectivity index (χ3v) is 3.19. The van der Waals surface area contributed by atoms with Gasteiger partial charge in [0.15, 0.2) is 0 Å². The summed E-state index contributed by atoms with van der Waals surface area (Å²) in [5.74, 6) is 0.0476. The summed E-state index contributed by atoms with van der Waals surface area (Å²) in [5.41, 5.74) is 0. The molecule has 5 heteroatoms. The lowest BCUT2D eigenvalue weighted by Crippen LogP contribution is -2.19. The Labute approximate surface area is 101 Å². The van der Waals surface area contributed by atoms with E-state index in [1.54, 1.807) is 0 Å². The molecule has 1 saturated heterocycles. The van der Waals surface area contributed by atoms with E-state index >= 15 is 0 Å². The van der Waals surface area contributed by atoms with Crippen LogP contribution in [-0.2, 0) is 0 Å². The van der Waals surface area contributed by atoms with Gasteiger partial charge in [-0.15, -0.1) is 0 Å². The van der Waals surface area contributed by atoms with Crippen LogP contribution in [0.15, 0.2) is 16.6 Å². The van der Waals surface area contributed by atoms with E-state index in [0.717, 1.165) is 19.5 Å². The van der Waals surface area contributed by atoms with Gasteiger partial charge < -0.3 is 10.1 Å². The largest absolute Gasteiger partial charge is 0.488 e. The smallest absolute Gasteiger partial charge is 0.145 e. The van der Waals surface area contributed by atoms with Crippen molar-refractivity contribution in [2.24, 2.45) is 0 Å². The average molecular weight is 295 g/mol. The van der Waals surface area contributed by atoms with Crippen LogP contribution in [0.3, 0.4) is 0 Å². The molecule has 2 rings (SSSR count). The normalized spacial score (nSPS) is 20.6. The molecule has 1 N–H and O–H groups in total. The van der Waals surface area contributed by atoms with Gasteiger partial charge >= 0.3 is 0 Å². The minimum atomic E-state index is -0.458. The zero-order valence-corrected chi connectivity index (χ0v) is 10.2. The quantitative estimate of drug-likeness (QED) is 0.847. The van der Waals surface area contributed by atoms with Crippen molar-refractivity contribution in [3.63, 3.8) is 0 Å². The van der Waals surface area contributed by atoms with Gasteiger partial charge in [-0.3, -0.25) is 0 Å². The van der Waals surface area contributed by atoms with Crippen LogP contribution in [0.2, 0.25) is 5.02 Å². The van der Waals surface area contributed by atoms with E-state index in [-0.39, 0.29) is 11.1 Å². The number of hydrogen-bond donors (Lipinski definition) is 1. The average Bonchev–Trinajstić information content (AvgIpc) is 2.67. The predicted molar refractivity (Wildman–Crippen MR) is 61.0 cm³/mol. The number of rotatable bonds is 2. The SMILES string of the molecule is Fc1cc(O[C@H]2CCNC2)c(Br)cc1Cl. The fraction of sp³-hybridized carbons (Fsp3) is 0.400. The third-order valence-electron chi connectivity index (χ3n) is 2.28. The van der Waals surface area contributed by atoms with Crippen molar-refractivity contribution in [1.82, 2.24) is 5.32 Å². The molecule has 0 saturated carbocycles. The van der Waals surface area contributed by atoms with Crippen molar-refractivity contribution in [2.75, 3.05) is 13.1 Å². The first-order valence-corrected chi connectivity index (χ1v) is 5.86. The van der Waals surface area contributed by atoms with Gasteiger partial charge in [0.05, 0.1) is 9.50 Å². The van der Waals surface area contributed by atoms with E-state index in [0.29, 0.717) is 10.2 Å². The van der Waals surface area contributed by atoms with Gasteiger partial charge in [0.2, 0.25) is 0 Å². The van der Waals surface area contributed by atoms with Crippen molar-refractivity contribution in [1.29, 1.82) is 0 Å². The molecule has 1 aromatic carbocycles. The van der Waals surface area contributed by atoms with E-state index in [1.807, 2.05) is 0 Å². The van der Waals surface area contributed by atoms with Gasteiger partial charge in [-0.2, -0.15) is 0 Å². The van der Waals surface area contributed by atoms with Gasteiger partial charge in [0, 0.05) is 12.6 Å². The molecule has 0 unspecified atom stereocenters. The first-order chi connectivity index (χ1) is 7.16. The molecular weight excluding hydrogens is 284 g/mol. The van der Waals surface area contributed by atoms with Gasteiger partial charge in [-0.25, -0.2) is 4.39 Å². The van der Waals surface area contributed by atoms with Crippen LogP contribution in [0.1, 0.15) is 6.42 Å². The summed E-state index contributed by atoms with van der Waals surface area (Å²) < 4.78 is 19.5. The van der Waals surface area contributed by atoms with E-state index in [4.69, 9.17) is 16.3 Å². The van der Waals surface area contributed by atoms with Crippen LogP contribution >= 0.6 is 27.5 Å². The molecule has 82 valence electrons. The van der Waals surface area contributed by atoms with E-state index in [9.17, 15) is 4.39 Å². The Morgan fingerprint density at radius 3 is 3.00 bits per heavy atom. The summed E-state index contributed by atoms with van der Waals surface area (Å²) in [7, 11) is 0. The number of benzene rings is 1. The number of nitrogens with one attached hydrogen (secondary N) is 1. The topological polar surface area (TPSA) is 21.3 Å². The molecule has 15 heavy (non-hydrogen) atoms. The number of hydrogen-bond acceptors (Lipinski definition) is 2. The Kier molecular flexibility index (Phi) is 3.49. The lowest BCUT2D eigenvalue weighted by atomic mass is 10.3. The summed E-state index contributed by atoms with van der Waals surface area (Å²) in [5, 5.41) is 3.27. The molecule has 1 aliphatic rings. The first-order valence-electron chi connectivity index (χ1n) is 4.69. The summed E-state index contributed by atoms with van der Waals surface area (Å²) in [6.07, 6.45) is 1.05. The minimum absolute atomic E-state index is 0.0961. The molecule has 0 bridgehead atoms. The van der Waals surface area contributed by atoms with Crippen LogP contribution in [-0.4, -0.2) is 19.2 Å². The van der Waals surface area contributed by atoms with Gasteiger partial charge in [0.1, 0.15) is 17.7 Å². The monoisotopic (exact) mass is 293 g/mol. The second-order valence-electron chi connectivity index (χ2n) is 3.43. The van der Waals surface area contributed by atoms with E-state index in [1.165, 1.54) is 12.1 Å². The summed E-state index contributed by atoms with van der Waals surface area (Å²) in [4.78, 5) is 0. The molecule has 1 fully saturated rings. The van der Waals surface area contributed by atoms with Crippen LogP contribution in [0, 0.1) is 5.82 Å². The van der Waals surface area contributed by atoms with Gasteiger partial charge in [-0.1, -0.05) is 11.6 Å². The fourth-order valence-electron chi connectivity index (χ4n) is 1.50. The second-order valence-corrected chi connectivity index (χ2v) is 4.69. The lowest BCUT2D eigenvalue weighted by molar-refractivity contribution is 0.220. The molecule has 1 atom stereocenters. The maximum absolute atomic E-state index is 13.2. The highest BCUT2D eigenvalue weighted by Crippen LogP contribution is 2.31. The second kappa shape index (κ2) is 4.68. The highest BCUT2D eigenvalue weighted by molar-refractivity contribution is 9.10. The molecule has 0 aromatic heterocycles. The van der Waals surface area contributed by atoms with E-state index < -0.39 is 5.82 Å². The van der Waals surface area contributed by atoms with Crippen molar-refractivity contribution in [3.8, 4) is 5.75 Å². The molecule has 0 spiro atoms.